The molecular formula is C35H38FN5O5. The summed E-state index contributed by atoms with van der Waals surface area (Å²) in [5.74, 6) is 0.908. The number of hydrogen-bond donors (Lipinski definition) is 1. The summed E-state index contributed by atoms with van der Waals surface area (Å²) in [6.45, 7) is 9.31. The second kappa shape index (κ2) is 14.1. The number of ether oxygens (including phenoxy) is 4. The van der Waals surface area contributed by atoms with Crippen LogP contribution in [0.3, 0.4) is 0 Å². The Bertz CT molecular complexity index is 1720. The normalized spacial score (nSPS) is 15.0. The first-order chi connectivity index (χ1) is 22.4. The summed E-state index contributed by atoms with van der Waals surface area (Å²) in [7, 11) is 1.57. The van der Waals surface area contributed by atoms with Crippen molar-refractivity contribution in [2.24, 2.45) is 0 Å². The van der Waals surface area contributed by atoms with Gasteiger partial charge in [0.25, 0.3) is 0 Å². The van der Waals surface area contributed by atoms with Gasteiger partial charge in [-0.25, -0.2) is 9.18 Å². The number of nitrogens with one attached hydrogen (secondary N) is 1. The second-order valence-corrected chi connectivity index (χ2v) is 11.3. The number of pyridine rings is 1. The molecule has 2 aliphatic heterocycles. The summed E-state index contributed by atoms with van der Waals surface area (Å²) in [5, 5.41) is 3.42. The van der Waals surface area contributed by atoms with Gasteiger partial charge in [-0.3, -0.25) is 14.8 Å². The Kier molecular flexibility index (Phi) is 9.51. The minimum absolute atomic E-state index is 0.00942. The topological polar surface area (TPSA) is 88.6 Å². The first-order valence-electron chi connectivity index (χ1n) is 15.4. The highest BCUT2D eigenvalue weighted by molar-refractivity contribution is 5.91. The largest absolute Gasteiger partial charge is 0.493 e. The van der Waals surface area contributed by atoms with Gasteiger partial charge in [0.1, 0.15) is 12.4 Å². The first-order valence-corrected chi connectivity index (χ1v) is 15.4. The lowest BCUT2D eigenvalue weighted by Gasteiger charge is -2.26. The quantitative estimate of drug-likeness (QED) is 0.195. The molecule has 0 unspecified atom stereocenters. The van der Waals surface area contributed by atoms with Crippen LogP contribution in [0.25, 0.3) is 10.9 Å². The lowest BCUT2D eigenvalue weighted by atomic mass is 10.1. The van der Waals surface area contributed by atoms with E-state index in [2.05, 4.69) is 15.2 Å². The summed E-state index contributed by atoms with van der Waals surface area (Å²) in [4.78, 5) is 23.4. The van der Waals surface area contributed by atoms with E-state index in [9.17, 15) is 4.79 Å². The number of amides is 2. The van der Waals surface area contributed by atoms with Gasteiger partial charge in [-0.2, -0.15) is 0 Å². The van der Waals surface area contributed by atoms with Crippen LogP contribution in [0, 0.1) is 19.7 Å². The van der Waals surface area contributed by atoms with E-state index in [1.807, 2.05) is 43.1 Å². The number of morpholine rings is 1. The Morgan fingerprint density at radius 1 is 0.978 bits per heavy atom. The number of nitrogens with zero attached hydrogens (tertiary/aromatic N) is 4. The molecule has 1 fully saturated rings. The van der Waals surface area contributed by atoms with Crippen molar-refractivity contribution in [1.82, 2.24) is 14.8 Å². The van der Waals surface area contributed by atoms with Crippen molar-refractivity contribution >= 4 is 28.3 Å². The molecule has 1 saturated heterocycles. The summed E-state index contributed by atoms with van der Waals surface area (Å²) in [5.41, 5.74) is 4.23. The van der Waals surface area contributed by atoms with E-state index < -0.39 is 5.82 Å². The maximum absolute atomic E-state index is 15.3. The smallest absolute Gasteiger partial charge is 0.327 e. The van der Waals surface area contributed by atoms with Crippen LogP contribution in [0.2, 0.25) is 0 Å². The van der Waals surface area contributed by atoms with Crippen molar-refractivity contribution in [3.05, 3.63) is 90.1 Å². The van der Waals surface area contributed by atoms with Gasteiger partial charge >= 0.3 is 6.03 Å². The zero-order valence-electron chi connectivity index (χ0n) is 26.3. The van der Waals surface area contributed by atoms with Gasteiger partial charge in [0.2, 0.25) is 0 Å². The SMILES string of the molecule is COc1cc2c(Oc3ccc(NC(=O)N4C=CN(c5c(C)cccc5C)C4)cc3F)ccnc2cc1OCCCN1CCOCC1. The summed E-state index contributed by atoms with van der Waals surface area (Å²) in [6, 6.07) is 15.3. The zero-order chi connectivity index (χ0) is 32.0. The Balaban J connectivity index is 1.09. The highest BCUT2D eigenvalue weighted by atomic mass is 19.1. The molecule has 0 bridgehead atoms. The highest BCUT2D eigenvalue weighted by Crippen LogP contribution is 2.38. The lowest BCUT2D eigenvalue weighted by molar-refractivity contribution is 0.0357. The molecule has 10 nitrogen and oxygen atoms in total. The number of methoxy groups -OCH3 is 1. The first kappa shape index (κ1) is 31.1. The van der Waals surface area contributed by atoms with Crippen LogP contribution in [0.1, 0.15) is 17.5 Å². The fourth-order valence-electron chi connectivity index (χ4n) is 5.72. The minimum atomic E-state index is -0.621. The van der Waals surface area contributed by atoms with E-state index in [4.69, 9.17) is 18.9 Å². The molecule has 3 heterocycles. The molecule has 3 aromatic carbocycles. The predicted molar refractivity (Wildman–Crippen MR) is 175 cm³/mol. The molecule has 240 valence electrons. The van der Waals surface area contributed by atoms with Crippen LogP contribution < -0.4 is 24.4 Å². The summed E-state index contributed by atoms with van der Waals surface area (Å²) in [6.07, 6.45) is 6.04. The van der Waals surface area contributed by atoms with Crippen molar-refractivity contribution < 1.29 is 28.1 Å². The van der Waals surface area contributed by atoms with Gasteiger partial charge in [-0.1, -0.05) is 18.2 Å². The van der Waals surface area contributed by atoms with E-state index in [0.29, 0.717) is 47.1 Å². The number of halogens is 1. The number of carbonyl (C=O) groups excluding carboxylic acids is 1. The molecule has 0 saturated carbocycles. The van der Waals surface area contributed by atoms with E-state index in [1.165, 1.54) is 17.0 Å². The Hall–Kier alpha value is -4.87. The number of hydrogen-bond acceptors (Lipinski definition) is 8. The molecule has 6 rings (SSSR count). The lowest BCUT2D eigenvalue weighted by Crippen LogP contribution is -2.37. The Morgan fingerprint density at radius 3 is 2.54 bits per heavy atom. The number of benzene rings is 3. The van der Waals surface area contributed by atoms with Crippen molar-refractivity contribution in [3.8, 4) is 23.0 Å². The van der Waals surface area contributed by atoms with Crippen LogP contribution in [0.5, 0.6) is 23.0 Å². The average molecular weight is 628 g/mol. The molecule has 11 heteroatoms. The second-order valence-electron chi connectivity index (χ2n) is 11.3. The molecule has 4 aromatic rings. The third-order valence-electron chi connectivity index (χ3n) is 8.09. The van der Waals surface area contributed by atoms with Crippen LogP contribution in [-0.2, 0) is 4.74 Å². The van der Waals surface area contributed by atoms with Crippen LogP contribution in [0.4, 0.5) is 20.6 Å². The standard InChI is InChI=1S/C35H38FN5O5/c1-24-6-4-7-25(2)34(24)40-13-14-41(23-40)35(42)38-26-8-9-31(28(36)20-26)46-30-10-11-37-29-22-33(32(43-3)21-27(29)30)45-17-5-12-39-15-18-44-19-16-39/h4,6-11,13-14,20-22H,5,12,15-19,23H2,1-3H3,(H,38,42). The fraction of sp³-hybridized carbons (Fsp3) is 0.314. The monoisotopic (exact) mass is 627 g/mol. The summed E-state index contributed by atoms with van der Waals surface area (Å²) < 4.78 is 38.3. The van der Waals surface area contributed by atoms with Gasteiger partial charge in [-0.15, -0.1) is 0 Å². The number of aryl methyl sites for hydroxylation is 2. The fourth-order valence-corrected chi connectivity index (χ4v) is 5.72. The molecule has 2 amide bonds. The maximum Gasteiger partial charge on any atom is 0.327 e. The van der Waals surface area contributed by atoms with Crippen LogP contribution >= 0.6 is 0 Å². The van der Waals surface area contributed by atoms with Crippen LogP contribution in [-0.4, -0.2) is 74.0 Å². The molecule has 0 spiro atoms. The van der Waals surface area contributed by atoms with E-state index >= 15 is 4.39 Å². The number of urea groups is 1. The average Bonchev–Trinajstić information content (AvgIpc) is 3.54. The molecule has 0 atom stereocenters. The maximum atomic E-state index is 15.3. The Labute approximate surface area is 267 Å². The Morgan fingerprint density at radius 2 is 1.78 bits per heavy atom. The van der Waals surface area contributed by atoms with Crippen molar-refractivity contribution in [2.75, 3.05) is 63.5 Å². The van der Waals surface area contributed by atoms with Gasteiger partial charge in [0, 0.05) is 67.1 Å². The zero-order valence-corrected chi connectivity index (χ0v) is 26.3. The number of fused-ring (bicyclic) bond motifs is 1. The van der Waals surface area contributed by atoms with Gasteiger partial charge in [0.15, 0.2) is 23.1 Å². The number of rotatable bonds is 10. The molecule has 0 aliphatic carbocycles. The van der Waals surface area contributed by atoms with Crippen molar-refractivity contribution in [1.29, 1.82) is 0 Å². The predicted octanol–water partition coefficient (Wildman–Crippen LogP) is 6.68. The van der Waals surface area contributed by atoms with Gasteiger partial charge < -0.3 is 29.2 Å². The van der Waals surface area contributed by atoms with Gasteiger partial charge in [-0.05, 0) is 55.7 Å². The third-order valence-corrected chi connectivity index (χ3v) is 8.09. The van der Waals surface area contributed by atoms with Gasteiger partial charge in [0.05, 0.1) is 32.4 Å². The van der Waals surface area contributed by atoms with Crippen molar-refractivity contribution in [3.63, 3.8) is 0 Å². The molecule has 1 aromatic heterocycles. The molecule has 2 aliphatic rings. The molecule has 46 heavy (non-hydrogen) atoms. The number of aromatic nitrogens is 1. The van der Waals surface area contributed by atoms with E-state index in [-0.39, 0.29) is 11.8 Å². The summed E-state index contributed by atoms with van der Waals surface area (Å²) >= 11 is 0. The highest BCUT2D eigenvalue weighted by Gasteiger charge is 2.22. The third kappa shape index (κ3) is 7.00. The molecule has 0 radical (unpaired) electrons. The number of anilines is 2. The molecular weight excluding hydrogens is 589 g/mol. The van der Waals surface area contributed by atoms with Crippen molar-refractivity contribution in [2.45, 2.75) is 20.3 Å². The number of para-hydroxylation sites is 1. The van der Waals surface area contributed by atoms with E-state index in [1.54, 1.807) is 43.8 Å². The number of carbonyl (C=O) groups is 1. The minimum Gasteiger partial charge on any atom is -0.493 e. The van der Waals surface area contributed by atoms with E-state index in [0.717, 1.165) is 56.1 Å². The molecule has 1 N–H and O–H groups in total. The van der Waals surface area contributed by atoms with Crippen LogP contribution in [0.15, 0.2) is 73.2 Å².